The fourth-order valence-electron chi connectivity index (χ4n) is 3.56. The highest BCUT2D eigenvalue weighted by Gasteiger charge is 2.20. The Morgan fingerprint density at radius 1 is 1.05 bits per heavy atom. The number of ether oxygens (including phenoxy) is 2. The van der Waals surface area contributed by atoms with E-state index in [1.165, 1.54) is 23.1 Å². The first kappa shape index (κ1) is 26.2. The molecule has 0 spiro atoms. The van der Waals surface area contributed by atoms with Gasteiger partial charge < -0.3 is 20.1 Å². The van der Waals surface area contributed by atoms with Crippen molar-refractivity contribution in [3.05, 3.63) is 75.7 Å². The summed E-state index contributed by atoms with van der Waals surface area (Å²) in [7, 11) is 3.14. The van der Waals surface area contributed by atoms with E-state index < -0.39 is 0 Å². The predicted molar refractivity (Wildman–Crippen MR) is 145 cm³/mol. The molecule has 0 aliphatic heterocycles. The van der Waals surface area contributed by atoms with Gasteiger partial charge in [-0.05, 0) is 54.6 Å². The van der Waals surface area contributed by atoms with Gasteiger partial charge in [0.25, 0.3) is 5.91 Å². The third-order valence-electron chi connectivity index (χ3n) is 5.48. The van der Waals surface area contributed by atoms with Crippen molar-refractivity contribution in [1.29, 1.82) is 0 Å². The summed E-state index contributed by atoms with van der Waals surface area (Å²) in [4.78, 5) is 25.9. The number of thioether (sulfide) groups is 1. The zero-order valence-corrected chi connectivity index (χ0v) is 22.5. The summed E-state index contributed by atoms with van der Waals surface area (Å²) in [5.74, 6) is 1.39. The Morgan fingerprint density at radius 3 is 2.62 bits per heavy atom. The number of methoxy groups -OCH3 is 2. The minimum absolute atomic E-state index is 0.110. The molecule has 0 atom stereocenters. The highest BCUT2D eigenvalue weighted by Crippen LogP contribution is 2.32. The van der Waals surface area contributed by atoms with Gasteiger partial charge in [0.05, 0.1) is 37.1 Å². The summed E-state index contributed by atoms with van der Waals surface area (Å²) in [6, 6.07) is 14.9. The zero-order chi connectivity index (χ0) is 26.4. The minimum atomic E-state index is -0.204. The number of nitrogens with one attached hydrogen (secondary N) is 2. The number of benzene rings is 2. The van der Waals surface area contributed by atoms with Gasteiger partial charge in [-0.1, -0.05) is 30.0 Å². The fourth-order valence-corrected chi connectivity index (χ4v) is 4.97. The lowest BCUT2D eigenvalue weighted by Gasteiger charge is -2.15. The van der Waals surface area contributed by atoms with Crippen molar-refractivity contribution in [2.45, 2.75) is 25.5 Å². The van der Waals surface area contributed by atoms with Crippen LogP contribution in [0.25, 0.3) is 5.69 Å². The molecule has 0 fully saturated rings. The molecule has 2 aromatic heterocycles. The molecule has 11 heteroatoms. The second-order valence-electron chi connectivity index (χ2n) is 8.09. The Bertz CT molecular complexity index is 1400. The summed E-state index contributed by atoms with van der Waals surface area (Å²) >= 11 is 2.59. The lowest BCUT2D eigenvalue weighted by atomic mass is 10.1. The molecule has 2 N–H and O–H groups in total. The zero-order valence-electron chi connectivity index (χ0n) is 20.9. The van der Waals surface area contributed by atoms with Crippen molar-refractivity contribution >= 4 is 40.6 Å². The van der Waals surface area contributed by atoms with Crippen LogP contribution >= 0.6 is 23.1 Å². The number of anilines is 1. The number of carbonyl (C=O) groups excluding carboxylic acids is 2. The molecular formula is C26H27N5O4S2. The Hall–Kier alpha value is -3.83. The molecule has 0 aliphatic carbocycles. The topological polar surface area (TPSA) is 107 Å². The summed E-state index contributed by atoms with van der Waals surface area (Å²) < 4.78 is 12.8. The number of thiophene rings is 1. The van der Waals surface area contributed by atoms with Crippen LogP contribution in [0.5, 0.6) is 11.5 Å². The van der Waals surface area contributed by atoms with Crippen LogP contribution in [0.1, 0.15) is 26.6 Å². The number of hydrogen-bond acceptors (Lipinski definition) is 8. The average Bonchev–Trinajstić information content (AvgIpc) is 3.58. The second kappa shape index (κ2) is 11.9. The number of aromatic nitrogens is 3. The summed E-state index contributed by atoms with van der Waals surface area (Å²) in [5.41, 5.74) is 3.45. The van der Waals surface area contributed by atoms with Crippen LogP contribution in [-0.4, -0.2) is 46.6 Å². The van der Waals surface area contributed by atoms with E-state index in [2.05, 4.69) is 20.8 Å². The van der Waals surface area contributed by atoms with Gasteiger partial charge in [-0.3, -0.25) is 14.2 Å². The van der Waals surface area contributed by atoms with Crippen LogP contribution in [0.3, 0.4) is 0 Å². The lowest BCUT2D eigenvalue weighted by molar-refractivity contribution is -0.113. The van der Waals surface area contributed by atoms with E-state index in [-0.39, 0.29) is 24.1 Å². The fraction of sp³-hybridized carbons (Fsp3) is 0.231. The lowest BCUT2D eigenvalue weighted by Crippen LogP contribution is -2.24. The first-order valence-electron chi connectivity index (χ1n) is 11.4. The Labute approximate surface area is 223 Å². The molecule has 0 aliphatic rings. The molecule has 0 saturated carbocycles. The van der Waals surface area contributed by atoms with Crippen molar-refractivity contribution in [2.75, 3.05) is 25.3 Å². The van der Waals surface area contributed by atoms with Crippen molar-refractivity contribution in [3.63, 3.8) is 0 Å². The Morgan fingerprint density at radius 2 is 1.89 bits per heavy atom. The van der Waals surface area contributed by atoms with Crippen LogP contribution < -0.4 is 20.1 Å². The molecule has 37 heavy (non-hydrogen) atoms. The van der Waals surface area contributed by atoms with E-state index in [1.807, 2.05) is 43.5 Å². The third-order valence-corrected chi connectivity index (χ3v) is 7.28. The maximum absolute atomic E-state index is 12.8. The van der Waals surface area contributed by atoms with E-state index in [9.17, 15) is 9.59 Å². The number of carbonyl (C=O) groups is 2. The summed E-state index contributed by atoms with van der Waals surface area (Å²) in [6.45, 7) is 4.05. The van der Waals surface area contributed by atoms with Gasteiger partial charge in [0.1, 0.15) is 11.5 Å². The molecule has 0 unspecified atom stereocenters. The van der Waals surface area contributed by atoms with Gasteiger partial charge >= 0.3 is 0 Å². The molecule has 0 saturated heterocycles. The Balaban J connectivity index is 1.60. The monoisotopic (exact) mass is 537 g/mol. The SMILES string of the molecule is COc1ccc(OC)c(-n2c(CNC(=O)c3cccs3)nnc2SCC(=O)Nc2cc(C)ccc2C)c1. The number of aryl methyl sites for hydroxylation is 2. The van der Waals surface area contributed by atoms with Gasteiger partial charge in [-0.2, -0.15) is 0 Å². The largest absolute Gasteiger partial charge is 0.497 e. The van der Waals surface area contributed by atoms with E-state index in [0.29, 0.717) is 33.0 Å². The van der Waals surface area contributed by atoms with E-state index in [0.717, 1.165) is 16.8 Å². The van der Waals surface area contributed by atoms with E-state index in [4.69, 9.17) is 9.47 Å². The smallest absolute Gasteiger partial charge is 0.261 e. The molecule has 2 amide bonds. The highest BCUT2D eigenvalue weighted by molar-refractivity contribution is 7.99. The molecule has 0 radical (unpaired) electrons. The van der Waals surface area contributed by atoms with Gasteiger partial charge in [-0.25, -0.2) is 0 Å². The van der Waals surface area contributed by atoms with Crippen LogP contribution in [0.4, 0.5) is 5.69 Å². The molecular weight excluding hydrogens is 510 g/mol. The predicted octanol–water partition coefficient (Wildman–Crippen LogP) is 4.62. The molecule has 192 valence electrons. The number of rotatable bonds is 10. The quantitative estimate of drug-likeness (QED) is 0.284. The molecule has 0 bridgehead atoms. The molecule has 2 heterocycles. The highest BCUT2D eigenvalue weighted by atomic mass is 32.2. The molecule has 4 aromatic rings. The van der Waals surface area contributed by atoms with Gasteiger partial charge in [0.15, 0.2) is 11.0 Å². The van der Waals surface area contributed by atoms with E-state index in [1.54, 1.807) is 43.1 Å². The van der Waals surface area contributed by atoms with Crippen molar-refractivity contribution in [3.8, 4) is 17.2 Å². The van der Waals surface area contributed by atoms with Crippen LogP contribution in [0.2, 0.25) is 0 Å². The third kappa shape index (κ3) is 6.30. The average molecular weight is 538 g/mol. The van der Waals surface area contributed by atoms with Crippen LogP contribution in [0, 0.1) is 13.8 Å². The number of nitrogens with zero attached hydrogens (tertiary/aromatic N) is 3. The van der Waals surface area contributed by atoms with Gasteiger partial charge in [0.2, 0.25) is 5.91 Å². The van der Waals surface area contributed by atoms with Crippen LogP contribution in [-0.2, 0) is 11.3 Å². The van der Waals surface area contributed by atoms with Gasteiger partial charge in [0, 0.05) is 11.8 Å². The normalized spacial score (nSPS) is 10.7. The maximum Gasteiger partial charge on any atom is 0.261 e. The second-order valence-corrected chi connectivity index (χ2v) is 9.98. The summed E-state index contributed by atoms with van der Waals surface area (Å²) in [6.07, 6.45) is 0. The van der Waals surface area contributed by atoms with E-state index >= 15 is 0 Å². The van der Waals surface area contributed by atoms with Crippen molar-refractivity contribution in [2.24, 2.45) is 0 Å². The number of hydrogen-bond donors (Lipinski definition) is 2. The maximum atomic E-state index is 12.8. The van der Waals surface area contributed by atoms with Crippen molar-refractivity contribution < 1.29 is 19.1 Å². The number of amides is 2. The molecule has 4 rings (SSSR count). The minimum Gasteiger partial charge on any atom is -0.497 e. The van der Waals surface area contributed by atoms with Crippen molar-refractivity contribution in [1.82, 2.24) is 20.1 Å². The first-order chi connectivity index (χ1) is 17.9. The summed E-state index contributed by atoms with van der Waals surface area (Å²) in [5, 5.41) is 16.8. The Kier molecular flexibility index (Phi) is 8.47. The molecule has 2 aromatic carbocycles. The standard InChI is InChI=1S/C26H27N5O4S2/c1-16-7-8-17(2)19(12-16)28-24(32)15-37-26-30-29-23(14-27-25(33)22-6-5-11-36-22)31(26)20-13-18(34-3)9-10-21(20)35-4/h5-13H,14-15H2,1-4H3,(H,27,33)(H,28,32). The molecule has 9 nitrogen and oxygen atoms in total. The van der Waals surface area contributed by atoms with Crippen LogP contribution in [0.15, 0.2) is 59.1 Å². The first-order valence-corrected chi connectivity index (χ1v) is 13.2. The van der Waals surface area contributed by atoms with Gasteiger partial charge in [-0.15, -0.1) is 21.5 Å².